The Labute approximate surface area is 171 Å². The highest BCUT2D eigenvalue weighted by molar-refractivity contribution is 5.88. The zero-order valence-electron chi connectivity index (χ0n) is 17.4. The first-order valence-electron chi connectivity index (χ1n) is 10.2. The Morgan fingerprint density at radius 2 is 2.17 bits per heavy atom. The van der Waals surface area contributed by atoms with Gasteiger partial charge in [0.15, 0.2) is 0 Å². The van der Waals surface area contributed by atoms with Gasteiger partial charge in [-0.1, -0.05) is 11.6 Å². The van der Waals surface area contributed by atoms with E-state index in [1.54, 1.807) is 12.5 Å². The number of rotatable bonds is 5. The number of benzene rings is 1. The molecule has 0 spiro atoms. The lowest BCUT2D eigenvalue weighted by atomic mass is 10.0. The zero-order chi connectivity index (χ0) is 20.4. The standard InChI is InChI=1S/C23H28N4O2/c1-16-6-7-21-20(11-16)18(15-29-21)12-23(28)27-10-4-5-19(13-27)26(3)14-22-24-9-8-17(2)25-22/h6-9,11,15,19H,4-5,10,12-14H2,1-3H3. The van der Waals surface area contributed by atoms with E-state index in [0.717, 1.165) is 54.0 Å². The minimum Gasteiger partial charge on any atom is -0.464 e. The molecule has 4 rings (SSSR count). The Morgan fingerprint density at radius 1 is 1.31 bits per heavy atom. The predicted molar refractivity (Wildman–Crippen MR) is 112 cm³/mol. The predicted octanol–water partition coefficient (Wildman–Crippen LogP) is 3.51. The second-order valence-electron chi connectivity index (χ2n) is 8.10. The van der Waals surface area contributed by atoms with E-state index in [2.05, 4.69) is 34.9 Å². The van der Waals surface area contributed by atoms with Crippen LogP contribution in [0.5, 0.6) is 0 Å². The molecular weight excluding hydrogens is 364 g/mol. The molecule has 3 heterocycles. The number of furan rings is 1. The van der Waals surface area contributed by atoms with Gasteiger partial charge in [0.25, 0.3) is 0 Å². The molecule has 3 aromatic rings. The number of carbonyl (C=O) groups excluding carboxylic acids is 1. The highest BCUT2D eigenvalue weighted by Gasteiger charge is 2.27. The van der Waals surface area contributed by atoms with Gasteiger partial charge in [0.2, 0.25) is 5.91 Å². The van der Waals surface area contributed by atoms with Crippen LogP contribution >= 0.6 is 0 Å². The van der Waals surface area contributed by atoms with Crippen molar-refractivity contribution in [1.29, 1.82) is 0 Å². The van der Waals surface area contributed by atoms with E-state index in [4.69, 9.17) is 4.42 Å². The highest BCUT2D eigenvalue weighted by Crippen LogP contribution is 2.24. The maximum atomic E-state index is 13.0. The van der Waals surface area contributed by atoms with Gasteiger partial charge in [0.1, 0.15) is 11.4 Å². The van der Waals surface area contributed by atoms with Crippen molar-refractivity contribution >= 4 is 16.9 Å². The van der Waals surface area contributed by atoms with E-state index in [1.165, 1.54) is 5.56 Å². The summed E-state index contributed by atoms with van der Waals surface area (Å²) in [6.07, 6.45) is 6.01. The van der Waals surface area contributed by atoms with Gasteiger partial charge in [-0.2, -0.15) is 0 Å². The van der Waals surface area contributed by atoms with Crippen molar-refractivity contribution in [2.24, 2.45) is 0 Å². The van der Waals surface area contributed by atoms with Gasteiger partial charge in [-0.3, -0.25) is 9.69 Å². The fourth-order valence-electron chi connectivity index (χ4n) is 4.08. The van der Waals surface area contributed by atoms with Crippen molar-refractivity contribution in [2.75, 3.05) is 20.1 Å². The molecular formula is C23H28N4O2. The van der Waals surface area contributed by atoms with Crippen LogP contribution in [0.4, 0.5) is 0 Å². The number of likely N-dealkylation sites (tertiary alicyclic amines) is 1. The molecule has 0 radical (unpaired) electrons. The van der Waals surface area contributed by atoms with Crippen LogP contribution in [0.2, 0.25) is 0 Å². The summed E-state index contributed by atoms with van der Waals surface area (Å²) in [5.41, 5.74) is 3.96. The number of fused-ring (bicyclic) bond motifs is 1. The van der Waals surface area contributed by atoms with Crippen LogP contribution in [0.25, 0.3) is 11.0 Å². The van der Waals surface area contributed by atoms with Gasteiger partial charge in [-0.15, -0.1) is 0 Å². The summed E-state index contributed by atoms with van der Waals surface area (Å²) < 4.78 is 5.63. The van der Waals surface area contributed by atoms with E-state index in [1.807, 2.05) is 30.0 Å². The highest BCUT2D eigenvalue weighted by atomic mass is 16.3. The Kier molecular flexibility index (Phi) is 5.62. The number of carbonyl (C=O) groups is 1. The van der Waals surface area contributed by atoms with Crippen LogP contribution in [0.1, 0.15) is 35.5 Å². The summed E-state index contributed by atoms with van der Waals surface area (Å²) in [5, 5.41) is 1.04. The van der Waals surface area contributed by atoms with E-state index >= 15 is 0 Å². The Hall–Kier alpha value is -2.73. The normalized spacial score (nSPS) is 17.2. The summed E-state index contributed by atoms with van der Waals surface area (Å²) in [4.78, 5) is 26.1. The first-order valence-corrected chi connectivity index (χ1v) is 10.2. The van der Waals surface area contributed by atoms with Crippen molar-refractivity contribution in [3.63, 3.8) is 0 Å². The first-order chi connectivity index (χ1) is 14.0. The third kappa shape index (κ3) is 4.48. The molecule has 0 saturated carbocycles. The minimum atomic E-state index is 0.166. The summed E-state index contributed by atoms with van der Waals surface area (Å²) >= 11 is 0. The lowest BCUT2D eigenvalue weighted by molar-refractivity contribution is -0.132. The van der Waals surface area contributed by atoms with Gasteiger partial charge < -0.3 is 9.32 Å². The van der Waals surface area contributed by atoms with Crippen molar-refractivity contribution in [3.8, 4) is 0 Å². The number of aryl methyl sites for hydroxylation is 2. The Bertz CT molecular complexity index is 1010. The lowest BCUT2D eigenvalue weighted by Crippen LogP contribution is -2.48. The second kappa shape index (κ2) is 8.33. The maximum absolute atomic E-state index is 13.0. The number of nitrogens with zero attached hydrogens (tertiary/aromatic N) is 4. The molecule has 2 aromatic heterocycles. The van der Waals surface area contributed by atoms with Crippen molar-refractivity contribution in [2.45, 2.75) is 45.7 Å². The molecule has 0 bridgehead atoms. The van der Waals surface area contributed by atoms with Crippen LogP contribution in [0, 0.1) is 13.8 Å². The lowest BCUT2D eigenvalue weighted by Gasteiger charge is -2.37. The topological polar surface area (TPSA) is 62.5 Å². The monoisotopic (exact) mass is 392 g/mol. The number of hydrogen-bond donors (Lipinski definition) is 0. The van der Waals surface area contributed by atoms with E-state index < -0.39 is 0 Å². The van der Waals surface area contributed by atoms with Crippen molar-refractivity contribution in [1.82, 2.24) is 19.8 Å². The SMILES string of the molecule is Cc1ccc2occ(CC(=O)N3CCCC(N(C)Cc4nccc(C)n4)C3)c2c1. The van der Waals surface area contributed by atoms with E-state index in [0.29, 0.717) is 19.0 Å². The third-order valence-corrected chi connectivity index (χ3v) is 5.76. The van der Waals surface area contributed by atoms with Gasteiger partial charge in [0, 0.05) is 42.0 Å². The fourth-order valence-corrected chi connectivity index (χ4v) is 4.08. The molecule has 1 aromatic carbocycles. The van der Waals surface area contributed by atoms with E-state index in [-0.39, 0.29) is 5.91 Å². The number of hydrogen-bond acceptors (Lipinski definition) is 5. The average Bonchev–Trinajstić information content (AvgIpc) is 3.10. The number of piperidine rings is 1. The largest absolute Gasteiger partial charge is 0.464 e. The molecule has 0 N–H and O–H groups in total. The second-order valence-corrected chi connectivity index (χ2v) is 8.10. The third-order valence-electron chi connectivity index (χ3n) is 5.76. The van der Waals surface area contributed by atoms with Gasteiger partial charge in [-0.25, -0.2) is 9.97 Å². The molecule has 1 amide bonds. The average molecular weight is 393 g/mol. The van der Waals surface area contributed by atoms with Gasteiger partial charge in [0.05, 0.1) is 19.2 Å². The maximum Gasteiger partial charge on any atom is 0.227 e. The summed E-state index contributed by atoms with van der Waals surface area (Å²) in [6.45, 7) is 6.29. The fraction of sp³-hybridized carbons (Fsp3) is 0.435. The van der Waals surface area contributed by atoms with Crippen LogP contribution in [0.15, 0.2) is 41.1 Å². The molecule has 1 atom stereocenters. The molecule has 6 heteroatoms. The summed E-state index contributed by atoms with van der Waals surface area (Å²) in [6, 6.07) is 8.32. The van der Waals surface area contributed by atoms with Crippen LogP contribution in [0.3, 0.4) is 0 Å². The molecule has 1 aliphatic rings. The van der Waals surface area contributed by atoms with Crippen molar-refractivity contribution < 1.29 is 9.21 Å². The Balaban J connectivity index is 1.40. The number of amides is 1. The van der Waals surface area contributed by atoms with Crippen molar-refractivity contribution in [3.05, 3.63) is 59.4 Å². The Morgan fingerprint density at radius 3 is 3.00 bits per heavy atom. The molecule has 1 unspecified atom stereocenters. The van der Waals surface area contributed by atoms with Gasteiger partial charge >= 0.3 is 0 Å². The minimum absolute atomic E-state index is 0.166. The summed E-state index contributed by atoms with van der Waals surface area (Å²) in [5.74, 6) is 0.996. The van der Waals surface area contributed by atoms with Crippen LogP contribution in [-0.2, 0) is 17.8 Å². The smallest absolute Gasteiger partial charge is 0.227 e. The first kappa shape index (κ1) is 19.6. The molecule has 29 heavy (non-hydrogen) atoms. The zero-order valence-corrected chi connectivity index (χ0v) is 17.4. The van der Waals surface area contributed by atoms with E-state index in [9.17, 15) is 4.79 Å². The molecule has 6 nitrogen and oxygen atoms in total. The number of likely N-dealkylation sites (N-methyl/N-ethyl adjacent to an activating group) is 1. The quantitative estimate of drug-likeness (QED) is 0.665. The molecule has 152 valence electrons. The molecule has 1 saturated heterocycles. The molecule has 1 aliphatic heterocycles. The summed E-state index contributed by atoms with van der Waals surface area (Å²) in [7, 11) is 2.09. The number of aromatic nitrogens is 2. The van der Waals surface area contributed by atoms with Crippen LogP contribution in [-0.4, -0.2) is 51.9 Å². The van der Waals surface area contributed by atoms with Gasteiger partial charge in [-0.05, 0) is 51.9 Å². The molecule has 0 aliphatic carbocycles. The molecule has 1 fully saturated rings. The van der Waals surface area contributed by atoms with Crippen LogP contribution < -0.4 is 0 Å².